The summed E-state index contributed by atoms with van der Waals surface area (Å²) in [4.78, 5) is 116. The number of carbonyl (C=O) groups is 4. The molecule has 622 valence electrons. The van der Waals surface area contributed by atoms with E-state index in [1.165, 1.54) is 23.0 Å². The number of para-hydroxylation sites is 1. The summed E-state index contributed by atoms with van der Waals surface area (Å²) in [5.41, 5.74) is 5.96. The number of amides is 4. The number of fused-ring (bicyclic) bond motifs is 12. The maximum Gasteiger partial charge on any atom is 0.273 e. The van der Waals surface area contributed by atoms with Gasteiger partial charge in [-0.1, -0.05) is 58.5 Å². The topological polar surface area (TPSA) is 315 Å². The molecule has 10 aromatic heterocycles. The summed E-state index contributed by atoms with van der Waals surface area (Å²) in [7, 11) is 0. The first-order valence-corrected chi connectivity index (χ1v) is 42.7. The van der Waals surface area contributed by atoms with Crippen molar-refractivity contribution in [3.63, 3.8) is 0 Å². The van der Waals surface area contributed by atoms with Gasteiger partial charge in [0.15, 0.2) is 17.5 Å². The third-order valence-corrected chi connectivity index (χ3v) is 25.2. The number of aryl methyl sites for hydroxylation is 2. The second kappa shape index (κ2) is 37.1. The first-order chi connectivity index (χ1) is 59.4. The van der Waals surface area contributed by atoms with Crippen LogP contribution in [-0.4, -0.2) is 193 Å². The van der Waals surface area contributed by atoms with Crippen LogP contribution in [0.2, 0.25) is 20.1 Å². The number of pyridine rings is 6. The van der Waals surface area contributed by atoms with Gasteiger partial charge in [-0.25, -0.2) is 64.2 Å². The Balaban J connectivity index is 0.000000116. The number of rotatable bonds is 16. The number of anilines is 4. The SMILES string of the molecule is Cc1ccc(-c2ncccn2)c(C(=O)N2CC3CCC2C(Nc2ccc(Cl)cn2)C3)n1.Cc1ccc(C(=O)N2CC3CCC2C(Nc2ccc(Cl)cn2)C3)c(-c2ncccn2)n1.O=C(c1ccc(F)cc1-c1ncccn1)N1CC2CCC1C(Nc1ccc(Cl)cn1)C2.O=C(c1ccccc1-n1nccn1)N1CC2CCC1C(Nc1ccc(Cl)cn1)C2. The molecule has 12 fully saturated rings. The number of nitrogens with one attached hydrogen (secondary N) is 4. The Morgan fingerprint density at radius 1 is 0.361 bits per heavy atom. The van der Waals surface area contributed by atoms with Gasteiger partial charge < -0.3 is 40.9 Å². The molecule has 8 aliphatic heterocycles. The van der Waals surface area contributed by atoms with Gasteiger partial charge in [0.1, 0.15) is 40.5 Å². The fourth-order valence-corrected chi connectivity index (χ4v) is 19.1. The van der Waals surface area contributed by atoms with E-state index in [0.717, 1.165) is 131 Å². The lowest BCUT2D eigenvalue weighted by Gasteiger charge is -2.50. The van der Waals surface area contributed by atoms with Gasteiger partial charge in [-0.3, -0.25) is 19.2 Å². The lowest BCUT2D eigenvalue weighted by Crippen LogP contribution is -2.60. The molecule has 27 nitrogen and oxygen atoms in total. The van der Waals surface area contributed by atoms with Gasteiger partial charge in [-0.2, -0.15) is 15.0 Å². The van der Waals surface area contributed by atoms with E-state index >= 15 is 0 Å². The van der Waals surface area contributed by atoms with E-state index in [4.69, 9.17) is 46.4 Å². The highest BCUT2D eigenvalue weighted by atomic mass is 35.5. The molecule has 4 aliphatic carbocycles. The Bertz CT molecular complexity index is 5500. The molecule has 4 amide bonds. The van der Waals surface area contributed by atoms with Crippen LogP contribution in [0.3, 0.4) is 0 Å². The number of halogens is 5. The summed E-state index contributed by atoms with van der Waals surface area (Å²) in [5.74, 6) is 5.67. The maximum absolute atomic E-state index is 14.0. The molecule has 0 radical (unpaired) electrons. The van der Waals surface area contributed by atoms with Crippen LogP contribution in [-0.2, 0) is 0 Å². The highest BCUT2D eigenvalue weighted by Crippen LogP contribution is 2.43. The van der Waals surface area contributed by atoms with E-state index in [1.807, 2.05) is 124 Å². The standard InChI is InChI=1S/C23H21ClFN5O.2C23H23ClN6O.C21H21ClN6O/c24-15-3-7-21(28-12-15)29-19-10-14-2-6-20(19)30(13-14)23(31)17-5-4-16(25)11-18(17)22-26-8-1-9-27-22;1-14-3-6-17(21(28-14)22-25-9-2-10-26-22)23(31)30-13-15-4-7-19(30)18(11-15)29-20-8-5-16(24)12-27-20;1-14-3-6-17(22-25-9-2-10-26-22)21(28-14)23(31)30-13-15-4-7-19(30)18(11-15)29-20-8-5-16(24)12-27-20;22-15-6-8-20(23-12-15)26-17-11-14-5-7-19(17)27(13-14)21(29)16-3-1-2-4-18(16)28-24-9-10-25-28/h1,3-5,7-9,11-12,14,19-20H,2,6,10,13H2,(H,28,29);2*2-3,5-6,8-10,12,15,18-19H,4,7,11,13H2,1H3,(H,27,29);1-4,6,8-10,12,14,17,19H,5,7,11,13H2,(H,23,26). The van der Waals surface area contributed by atoms with Crippen LogP contribution >= 0.6 is 46.4 Å². The quantitative estimate of drug-likeness (QED) is 0.0698. The lowest BCUT2D eigenvalue weighted by molar-refractivity contribution is 0.0274. The minimum atomic E-state index is -0.424. The zero-order valence-corrected chi connectivity index (χ0v) is 69.9. The molecule has 12 aromatic rings. The van der Waals surface area contributed by atoms with Crippen molar-refractivity contribution in [3.8, 4) is 40.0 Å². The Morgan fingerprint density at radius 3 is 1.15 bits per heavy atom. The minimum Gasteiger partial charge on any atom is -0.365 e. The largest absolute Gasteiger partial charge is 0.365 e. The Labute approximate surface area is 724 Å². The highest BCUT2D eigenvalue weighted by molar-refractivity contribution is 6.31. The third kappa shape index (κ3) is 18.7. The van der Waals surface area contributed by atoms with Gasteiger partial charge in [-0.05, 0) is 236 Å². The van der Waals surface area contributed by atoms with E-state index in [9.17, 15) is 23.6 Å². The zero-order valence-electron chi connectivity index (χ0n) is 66.9. The van der Waals surface area contributed by atoms with Gasteiger partial charge >= 0.3 is 0 Å². The molecule has 0 spiro atoms. The predicted molar refractivity (Wildman–Crippen MR) is 464 cm³/mol. The van der Waals surface area contributed by atoms with Gasteiger partial charge in [0.05, 0.1) is 84.6 Å². The average Bonchev–Trinajstić information content (AvgIpc) is 0.914. The van der Waals surface area contributed by atoms with Crippen molar-refractivity contribution < 1.29 is 23.6 Å². The first kappa shape index (κ1) is 82.2. The Hall–Kier alpha value is -12.1. The van der Waals surface area contributed by atoms with Crippen LogP contribution in [0.15, 0.2) is 208 Å². The lowest BCUT2D eigenvalue weighted by atomic mass is 9.76. The number of nitrogens with zero attached hydrogens (tertiary/aromatic N) is 19. The van der Waals surface area contributed by atoms with Gasteiger partial charge in [0.25, 0.3) is 23.6 Å². The number of hydrogen-bond donors (Lipinski definition) is 4. The highest BCUT2D eigenvalue weighted by Gasteiger charge is 2.48. The van der Waals surface area contributed by atoms with E-state index in [1.54, 1.807) is 98.6 Å². The molecule has 8 saturated heterocycles. The van der Waals surface area contributed by atoms with Crippen molar-refractivity contribution in [1.29, 1.82) is 0 Å². The Kier molecular flexibility index (Phi) is 25.0. The van der Waals surface area contributed by atoms with E-state index in [2.05, 4.69) is 91.3 Å². The van der Waals surface area contributed by atoms with Crippen LogP contribution in [0.25, 0.3) is 40.0 Å². The van der Waals surface area contributed by atoms with Crippen molar-refractivity contribution in [2.45, 2.75) is 139 Å². The van der Waals surface area contributed by atoms with Gasteiger partial charge in [-0.15, -0.1) is 0 Å². The fraction of sp³-hybridized carbons (Fsp3) is 0.333. The number of benzene rings is 2. The summed E-state index contributed by atoms with van der Waals surface area (Å²) in [6, 6.07) is 40.1. The van der Waals surface area contributed by atoms with Crippen molar-refractivity contribution in [3.05, 3.63) is 268 Å². The van der Waals surface area contributed by atoms with Crippen LogP contribution in [0.4, 0.5) is 27.7 Å². The number of piperidine rings is 8. The molecular formula is C90H88Cl4FN23O4. The molecule has 18 heterocycles. The molecule has 12 aliphatic rings. The van der Waals surface area contributed by atoms with Crippen molar-refractivity contribution in [2.75, 3.05) is 47.4 Å². The molecule has 12 atom stereocenters. The molecule has 122 heavy (non-hydrogen) atoms. The monoisotopic (exact) mass is 1710 g/mol. The first-order valence-electron chi connectivity index (χ1n) is 41.2. The minimum absolute atomic E-state index is 0.0137. The van der Waals surface area contributed by atoms with Crippen molar-refractivity contribution in [2.24, 2.45) is 23.7 Å². The third-order valence-electron chi connectivity index (χ3n) is 24.3. The summed E-state index contributed by atoms with van der Waals surface area (Å²) in [5, 5.41) is 24.9. The van der Waals surface area contributed by atoms with Crippen LogP contribution in [0, 0.1) is 43.3 Å². The van der Waals surface area contributed by atoms with Crippen LogP contribution in [0.5, 0.6) is 0 Å². The molecule has 12 unspecified atom stereocenters. The van der Waals surface area contributed by atoms with Gasteiger partial charge in [0, 0.05) is 129 Å². The smallest absolute Gasteiger partial charge is 0.273 e. The molecule has 8 bridgehead atoms. The molecule has 32 heteroatoms. The maximum atomic E-state index is 14.0. The molecule has 24 rings (SSSR count). The summed E-state index contributed by atoms with van der Waals surface area (Å²) in [6.45, 7) is 6.80. The molecular weight excluding hydrogens is 1630 g/mol. The van der Waals surface area contributed by atoms with Gasteiger partial charge in [0.2, 0.25) is 0 Å². The molecule has 4 N–H and O–H groups in total. The second-order valence-electron chi connectivity index (χ2n) is 32.2. The average molecular weight is 1720 g/mol. The second-order valence-corrected chi connectivity index (χ2v) is 34.0. The summed E-state index contributed by atoms with van der Waals surface area (Å²) in [6.07, 6.45) is 32.1. The van der Waals surface area contributed by atoms with Crippen LogP contribution < -0.4 is 21.3 Å². The zero-order chi connectivity index (χ0) is 83.9. The van der Waals surface area contributed by atoms with E-state index in [-0.39, 0.29) is 72.0 Å². The fourth-order valence-electron chi connectivity index (χ4n) is 18.7. The van der Waals surface area contributed by atoms with Crippen molar-refractivity contribution >= 4 is 93.3 Å². The number of aromatic nitrogens is 15. The van der Waals surface area contributed by atoms with Crippen molar-refractivity contribution in [1.82, 2.24) is 94.4 Å². The number of carbonyl (C=O) groups excluding carboxylic acids is 4. The summed E-state index contributed by atoms with van der Waals surface area (Å²) >= 11 is 23.8. The van der Waals surface area contributed by atoms with E-state index in [0.29, 0.717) is 113 Å². The Morgan fingerprint density at radius 2 is 0.730 bits per heavy atom. The van der Waals surface area contributed by atoms with Crippen LogP contribution in [0.1, 0.15) is 130 Å². The molecule has 4 saturated carbocycles. The summed E-state index contributed by atoms with van der Waals surface area (Å²) < 4.78 is 14.0. The normalized spacial score (nSPS) is 22.6. The van der Waals surface area contributed by atoms with E-state index < -0.39 is 5.82 Å². The molecule has 2 aromatic carbocycles. The number of hydrogen-bond acceptors (Lipinski definition) is 22. The predicted octanol–water partition coefficient (Wildman–Crippen LogP) is 15.9.